The second kappa shape index (κ2) is 7.81. The summed E-state index contributed by atoms with van der Waals surface area (Å²) in [5, 5.41) is 10.4. The molecule has 0 aliphatic heterocycles. The van der Waals surface area contributed by atoms with E-state index in [1.165, 1.54) is 0 Å². The highest BCUT2D eigenvalue weighted by Gasteiger charge is 2.15. The number of hydrogen-bond donors (Lipinski definition) is 2. The SMILES string of the molecule is Cl.NC(CCO)c1ccc2oc(C(=O)c3ccc(Cl)cc3)cc2c1. The minimum atomic E-state index is -0.241. The van der Waals surface area contributed by atoms with Gasteiger partial charge in [0.2, 0.25) is 5.78 Å². The second-order valence-electron chi connectivity index (χ2n) is 5.36. The van der Waals surface area contributed by atoms with E-state index < -0.39 is 0 Å². The maximum atomic E-state index is 12.5. The van der Waals surface area contributed by atoms with Gasteiger partial charge in [-0.15, -0.1) is 12.4 Å². The average Bonchev–Trinajstić information content (AvgIpc) is 2.98. The number of rotatable bonds is 5. The number of hydrogen-bond acceptors (Lipinski definition) is 4. The Morgan fingerprint density at radius 2 is 1.88 bits per heavy atom. The van der Waals surface area contributed by atoms with Crippen molar-refractivity contribution in [2.45, 2.75) is 12.5 Å². The molecule has 0 fully saturated rings. The van der Waals surface area contributed by atoms with Gasteiger partial charge in [0.15, 0.2) is 5.76 Å². The number of ketones is 1. The Labute approximate surface area is 150 Å². The highest BCUT2D eigenvalue weighted by molar-refractivity contribution is 6.30. The zero-order valence-corrected chi connectivity index (χ0v) is 14.3. The van der Waals surface area contributed by atoms with Crippen LogP contribution in [-0.4, -0.2) is 17.5 Å². The highest BCUT2D eigenvalue weighted by atomic mass is 35.5. The van der Waals surface area contributed by atoms with Gasteiger partial charge in [-0.25, -0.2) is 0 Å². The fraction of sp³-hybridized carbons (Fsp3) is 0.167. The van der Waals surface area contributed by atoms with Crippen LogP contribution >= 0.6 is 24.0 Å². The lowest BCUT2D eigenvalue weighted by Crippen LogP contribution is -2.11. The highest BCUT2D eigenvalue weighted by Crippen LogP contribution is 2.25. The first kappa shape index (κ1) is 18.5. The maximum absolute atomic E-state index is 12.5. The fourth-order valence-electron chi connectivity index (χ4n) is 2.45. The summed E-state index contributed by atoms with van der Waals surface area (Å²) in [6.45, 7) is 0.0326. The lowest BCUT2D eigenvalue weighted by molar-refractivity contribution is 0.101. The Hall–Kier alpha value is -1.85. The number of benzene rings is 2. The molecule has 0 aliphatic rings. The van der Waals surface area contributed by atoms with E-state index >= 15 is 0 Å². The molecule has 0 aliphatic carbocycles. The largest absolute Gasteiger partial charge is 0.453 e. The molecule has 0 saturated heterocycles. The molecule has 3 aromatic rings. The van der Waals surface area contributed by atoms with E-state index in [0.717, 1.165) is 10.9 Å². The van der Waals surface area contributed by atoms with Crippen molar-refractivity contribution < 1.29 is 14.3 Å². The molecule has 0 bridgehead atoms. The molecule has 0 saturated carbocycles. The molecule has 0 spiro atoms. The molecule has 6 heteroatoms. The lowest BCUT2D eigenvalue weighted by Gasteiger charge is -2.09. The Bertz CT molecular complexity index is 843. The van der Waals surface area contributed by atoms with E-state index in [1.54, 1.807) is 36.4 Å². The molecular formula is C18H17Cl2NO3. The number of aliphatic hydroxyl groups is 1. The molecule has 1 atom stereocenters. The maximum Gasteiger partial charge on any atom is 0.228 e. The molecule has 2 aromatic carbocycles. The first-order valence-corrected chi connectivity index (χ1v) is 7.66. The van der Waals surface area contributed by atoms with Crippen LogP contribution < -0.4 is 5.73 Å². The van der Waals surface area contributed by atoms with Crippen molar-refractivity contribution in [3.8, 4) is 0 Å². The second-order valence-corrected chi connectivity index (χ2v) is 5.80. The van der Waals surface area contributed by atoms with E-state index in [1.807, 2.05) is 12.1 Å². The fourth-order valence-corrected chi connectivity index (χ4v) is 2.58. The summed E-state index contributed by atoms with van der Waals surface area (Å²) >= 11 is 5.83. The molecule has 1 unspecified atom stereocenters. The van der Waals surface area contributed by atoms with Crippen LogP contribution in [0.15, 0.2) is 52.9 Å². The Kier molecular flexibility index (Phi) is 6.02. The van der Waals surface area contributed by atoms with Crippen molar-refractivity contribution in [2.75, 3.05) is 6.61 Å². The molecule has 3 N–H and O–H groups in total. The number of fused-ring (bicyclic) bond motifs is 1. The Morgan fingerprint density at radius 1 is 1.17 bits per heavy atom. The number of carbonyl (C=O) groups is 1. The summed E-state index contributed by atoms with van der Waals surface area (Å²) in [6.07, 6.45) is 0.486. The van der Waals surface area contributed by atoms with Crippen molar-refractivity contribution in [3.05, 3.63) is 70.4 Å². The number of furan rings is 1. The van der Waals surface area contributed by atoms with Gasteiger partial charge in [0, 0.05) is 28.6 Å². The van der Waals surface area contributed by atoms with Crippen LogP contribution in [0.4, 0.5) is 0 Å². The van der Waals surface area contributed by atoms with Gasteiger partial charge in [0.25, 0.3) is 0 Å². The molecule has 3 rings (SSSR count). The first-order valence-electron chi connectivity index (χ1n) is 7.28. The molecule has 24 heavy (non-hydrogen) atoms. The predicted octanol–water partition coefficient (Wildman–Crippen LogP) is 4.12. The summed E-state index contributed by atoms with van der Waals surface area (Å²) < 4.78 is 5.64. The zero-order chi connectivity index (χ0) is 16.4. The van der Waals surface area contributed by atoms with Gasteiger partial charge in [-0.1, -0.05) is 17.7 Å². The number of nitrogens with two attached hydrogens (primary N) is 1. The van der Waals surface area contributed by atoms with Gasteiger partial charge < -0.3 is 15.3 Å². The van der Waals surface area contributed by atoms with Gasteiger partial charge in [-0.2, -0.15) is 0 Å². The molecule has 1 aromatic heterocycles. The van der Waals surface area contributed by atoms with Crippen molar-refractivity contribution in [1.82, 2.24) is 0 Å². The van der Waals surface area contributed by atoms with Crippen molar-refractivity contribution in [1.29, 1.82) is 0 Å². The third-order valence-corrected chi connectivity index (χ3v) is 3.99. The number of halogens is 2. The summed E-state index contributed by atoms with van der Waals surface area (Å²) in [5.41, 5.74) is 8.05. The summed E-state index contributed by atoms with van der Waals surface area (Å²) in [4.78, 5) is 12.5. The van der Waals surface area contributed by atoms with E-state index in [9.17, 15) is 4.79 Å². The van der Waals surface area contributed by atoms with Gasteiger partial charge in [0.1, 0.15) is 5.58 Å². The normalized spacial score (nSPS) is 12.0. The first-order chi connectivity index (χ1) is 11.1. The van der Waals surface area contributed by atoms with Crippen LogP contribution in [0, 0.1) is 0 Å². The Balaban J connectivity index is 0.00000208. The zero-order valence-electron chi connectivity index (χ0n) is 12.7. The van der Waals surface area contributed by atoms with Crippen molar-refractivity contribution >= 4 is 40.8 Å². The minimum absolute atomic E-state index is 0. The van der Waals surface area contributed by atoms with Gasteiger partial charge in [0.05, 0.1) is 0 Å². The van der Waals surface area contributed by atoms with Crippen LogP contribution in [0.1, 0.15) is 34.1 Å². The third kappa shape index (κ3) is 3.79. The van der Waals surface area contributed by atoms with E-state index in [2.05, 4.69) is 0 Å². The Morgan fingerprint density at radius 3 is 2.54 bits per heavy atom. The van der Waals surface area contributed by atoms with Gasteiger partial charge in [-0.3, -0.25) is 4.79 Å². The van der Waals surface area contributed by atoms with Crippen molar-refractivity contribution in [3.63, 3.8) is 0 Å². The van der Waals surface area contributed by atoms with Crippen LogP contribution in [0.3, 0.4) is 0 Å². The van der Waals surface area contributed by atoms with Crippen LogP contribution in [0.5, 0.6) is 0 Å². The molecule has 1 heterocycles. The monoisotopic (exact) mass is 365 g/mol. The summed E-state index contributed by atoms with van der Waals surface area (Å²) in [6, 6.07) is 13.7. The molecular weight excluding hydrogens is 349 g/mol. The number of aliphatic hydroxyl groups excluding tert-OH is 1. The van der Waals surface area contributed by atoms with E-state index in [0.29, 0.717) is 22.6 Å². The third-order valence-electron chi connectivity index (χ3n) is 3.74. The van der Waals surface area contributed by atoms with Gasteiger partial charge >= 0.3 is 0 Å². The minimum Gasteiger partial charge on any atom is -0.453 e. The van der Waals surface area contributed by atoms with E-state index in [4.69, 9.17) is 26.9 Å². The van der Waals surface area contributed by atoms with Gasteiger partial charge in [-0.05, 0) is 54.4 Å². The molecule has 0 amide bonds. The topological polar surface area (TPSA) is 76.5 Å². The van der Waals surface area contributed by atoms with Crippen LogP contribution in [0.25, 0.3) is 11.0 Å². The standard InChI is InChI=1S/C18H16ClNO3.ClH/c19-14-4-1-11(2-5-14)18(22)17-10-13-9-12(15(20)7-8-21)3-6-16(13)23-17;/h1-6,9-10,15,21H,7-8,20H2;1H. The smallest absolute Gasteiger partial charge is 0.228 e. The van der Waals surface area contributed by atoms with Crippen molar-refractivity contribution in [2.24, 2.45) is 5.73 Å². The van der Waals surface area contributed by atoms with Crippen LogP contribution in [0.2, 0.25) is 5.02 Å². The van der Waals surface area contributed by atoms with E-state index in [-0.39, 0.29) is 36.6 Å². The molecule has 0 radical (unpaired) electrons. The average molecular weight is 366 g/mol. The quantitative estimate of drug-likeness (QED) is 0.666. The number of carbonyl (C=O) groups excluding carboxylic acids is 1. The summed E-state index contributed by atoms with van der Waals surface area (Å²) in [7, 11) is 0. The predicted molar refractivity (Wildman–Crippen MR) is 97.0 cm³/mol. The summed E-state index contributed by atoms with van der Waals surface area (Å²) in [5.74, 6) is 0.0780. The lowest BCUT2D eigenvalue weighted by atomic mass is 10.0. The van der Waals surface area contributed by atoms with Crippen LogP contribution in [-0.2, 0) is 0 Å². The molecule has 4 nitrogen and oxygen atoms in total. The molecule has 126 valence electrons.